The van der Waals surface area contributed by atoms with Crippen molar-refractivity contribution >= 4 is 23.6 Å². The van der Waals surface area contributed by atoms with E-state index in [1.54, 1.807) is 6.08 Å². The number of aryl methyl sites for hydroxylation is 1. The highest BCUT2D eigenvalue weighted by Crippen LogP contribution is 2.20. The van der Waals surface area contributed by atoms with E-state index in [9.17, 15) is 4.79 Å². The Kier molecular flexibility index (Phi) is 7.10. The molecule has 2 saturated heterocycles. The number of halogens is 1. The van der Waals surface area contributed by atoms with Crippen molar-refractivity contribution in [3.63, 3.8) is 0 Å². The quantitative estimate of drug-likeness (QED) is 0.642. The minimum Gasteiger partial charge on any atom is -0.377 e. The molecular weight excluding hydrogens is 412 g/mol. The molecule has 0 N–H and O–H groups in total. The van der Waals surface area contributed by atoms with E-state index in [0.717, 1.165) is 73.3 Å². The number of benzene rings is 1. The van der Waals surface area contributed by atoms with E-state index in [1.165, 1.54) is 6.42 Å². The monoisotopic (exact) mass is 442 g/mol. The second kappa shape index (κ2) is 9.98. The Bertz CT molecular complexity index is 941. The SMILES string of the molecule is Cc1nn(Cc2ccccc2Cl)c(C)c1/C=C/C(=O)N1CCN(CC2CCCO2)CC1. The second-order valence-corrected chi connectivity index (χ2v) is 8.84. The Morgan fingerprint density at radius 2 is 2.00 bits per heavy atom. The third-order valence-corrected chi connectivity index (χ3v) is 6.65. The molecule has 7 heteroatoms. The van der Waals surface area contributed by atoms with Crippen LogP contribution in [-0.4, -0.2) is 70.9 Å². The molecule has 31 heavy (non-hydrogen) atoms. The fraction of sp³-hybridized carbons (Fsp3) is 0.500. The Morgan fingerprint density at radius 1 is 1.23 bits per heavy atom. The number of ether oxygens (including phenoxy) is 1. The molecule has 0 spiro atoms. The van der Waals surface area contributed by atoms with E-state index in [1.807, 2.05) is 53.8 Å². The Morgan fingerprint density at radius 3 is 2.71 bits per heavy atom. The first kappa shape index (κ1) is 22.1. The van der Waals surface area contributed by atoms with Crippen LogP contribution in [0.3, 0.4) is 0 Å². The largest absolute Gasteiger partial charge is 0.377 e. The van der Waals surface area contributed by atoms with Crippen LogP contribution in [0.2, 0.25) is 5.02 Å². The van der Waals surface area contributed by atoms with Gasteiger partial charge in [-0.15, -0.1) is 0 Å². The molecule has 1 unspecified atom stereocenters. The fourth-order valence-corrected chi connectivity index (χ4v) is 4.58. The van der Waals surface area contributed by atoms with E-state index in [2.05, 4.69) is 10.00 Å². The maximum absolute atomic E-state index is 12.7. The number of aromatic nitrogens is 2. The van der Waals surface area contributed by atoms with Crippen LogP contribution in [0.4, 0.5) is 0 Å². The van der Waals surface area contributed by atoms with Gasteiger partial charge in [0.15, 0.2) is 0 Å². The van der Waals surface area contributed by atoms with Crippen LogP contribution in [0.15, 0.2) is 30.3 Å². The van der Waals surface area contributed by atoms with Crippen LogP contribution < -0.4 is 0 Å². The number of rotatable bonds is 6. The number of carbonyl (C=O) groups excluding carboxylic acids is 1. The number of nitrogens with zero attached hydrogens (tertiary/aromatic N) is 4. The average Bonchev–Trinajstić information content (AvgIpc) is 3.37. The van der Waals surface area contributed by atoms with Gasteiger partial charge < -0.3 is 9.64 Å². The zero-order chi connectivity index (χ0) is 21.8. The van der Waals surface area contributed by atoms with Crippen LogP contribution >= 0.6 is 11.6 Å². The summed E-state index contributed by atoms with van der Waals surface area (Å²) in [6.45, 7) is 9.85. The summed E-state index contributed by atoms with van der Waals surface area (Å²) in [4.78, 5) is 17.1. The summed E-state index contributed by atoms with van der Waals surface area (Å²) in [5.41, 5.74) is 3.97. The standard InChI is InChI=1S/C24H31ClN4O2/c1-18-22(19(2)29(26-18)16-20-6-3-4-8-23(20)25)9-10-24(30)28-13-11-27(12-14-28)17-21-7-5-15-31-21/h3-4,6,8-10,21H,5,7,11-17H2,1-2H3/b10-9+. The summed E-state index contributed by atoms with van der Waals surface area (Å²) in [6.07, 6.45) is 6.29. The predicted molar refractivity (Wildman–Crippen MR) is 123 cm³/mol. The molecule has 2 aromatic rings. The number of hydrogen-bond donors (Lipinski definition) is 0. The van der Waals surface area contributed by atoms with Gasteiger partial charge >= 0.3 is 0 Å². The molecule has 1 amide bonds. The molecule has 1 atom stereocenters. The smallest absolute Gasteiger partial charge is 0.246 e. The van der Waals surface area contributed by atoms with Gasteiger partial charge in [0.25, 0.3) is 0 Å². The van der Waals surface area contributed by atoms with Crippen molar-refractivity contribution in [2.45, 2.75) is 39.3 Å². The Labute approximate surface area is 189 Å². The number of hydrogen-bond acceptors (Lipinski definition) is 4. The van der Waals surface area contributed by atoms with E-state index in [-0.39, 0.29) is 5.91 Å². The highest BCUT2D eigenvalue weighted by Gasteiger charge is 2.24. The molecule has 1 aromatic heterocycles. The van der Waals surface area contributed by atoms with Gasteiger partial charge in [-0.3, -0.25) is 14.4 Å². The molecular formula is C24H31ClN4O2. The number of amides is 1. The van der Waals surface area contributed by atoms with Gasteiger partial charge in [0.1, 0.15) is 0 Å². The second-order valence-electron chi connectivity index (χ2n) is 8.43. The molecule has 2 fully saturated rings. The Hall–Kier alpha value is -2.15. The molecule has 2 aliphatic heterocycles. The number of carbonyl (C=O) groups is 1. The lowest BCUT2D eigenvalue weighted by atomic mass is 10.1. The zero-order valence-electron chi connectivity index (χ0n) is 18.4. The first-order valence-corrected chi connectivity index (χ1v) is 11.5. The van der Waals surface area contributed by atoms with E-state index < -0.39 is 0 Å². The van der Waals surface area contributed by atoms with Crippen LogP contribution in [0.25, 0.3) is 6.08 Å². The maximum Gasteiger partial charge on any atom is 0.246 e. The minimum absolute atomic E-state index is 0.0643. The van der Waals surface area contributed by atoms with Gasteiger partial charge in [0.2, 0.25) is 5.91 Å². The van der Waals surface area contributed by atoms with Crippen molar-refractivity contribution in [1.29, 1.82) is 0 Å². The van der Waals surface area contributed by atoms with Crippen molar-refractivity contribution in [2.75, 3.05) is 39.3 Å². The van der Waals surface area contributed by atoms with Crippen molar-refractivity contribution in [3.8, 4) is 0 Å². The van der Waals surface area contributed by atoms with Gasteiger partial charge in [-0.25, -0.2) is 0 Å². The molecule has 2 aliphatic rings. The van der Waals surface area contributed by atoms with E-state index in [0.29, 0.717) is 12.6 Å². The van der Waals surface area contributed by atoms with Crippen LogP contribution in [-0.2, 0) is 16.1 Å². The summed E-state index contributed by atoms with van der Waals surface area (Å²) in [7, 11) is 0. The van der Waals surface area contributed by atoms with Crippen molar-refractivity contribution in [3.05, 3.63) is 57.9 Å². The lowest BCUT2D eigenvalue weighted by Crippen LogP contribution is -2.50. The van der Waals surface area contributed by atoms with Crippen LogP contribution in [0.1, 0.15) is 35.4 Å². The maximum atomic E-state index is 12.7. The molecule has 4 rings (SSSR count). The normalized spacial score (nSPS) is 20.1. The summed E-state index contributed by atoms with van der Waals surface area (Å²) >= 11 is 6.30. The molecule has 166 valence electrons. The lowest BCUT2D eigenvalue weighted by molar-refractivity contribution is -0.127. The van der Waals surface area contributed by atoms with Gasteiger partial charge in [0, 0.05) is 61.7 Å². The van der Waals surface area contributed by atoms with Crippen LogP contribution in [0, 0.1) is 13.8 Å². The zero-order valence-corrected chi connectivity index (χ0v) is 19.1. The number of piperazine rings is 1. The van der Waals surface area contributed by atoms with Crippen LogP contribution in [0.5, 0.6) is 0 Å². The first-order valence-electron chi connectivity index (χ1n) is 11.1. The summed E-state index contributed by atoms with van der Waals surface area (Å²) in [5, 5.41) is 5.40. The highest BCUT2D eigenvalue weighted by molar-refractivity contribution is 6.31. The molecule has 6 nitrogen and oxygen atoms in total. The third-order valence-electron chi connectivity index (χ3n) is 6.28. The molecule has 0 bridgehead atoms. The van der Waals surface area contributed by atoms with E-state index >= 15 is 0 Å². The average molecular weight is 443 g/mol. The predicted octanol–water partition coefficient (Wildman–Crippen LogP) is 3.54. The molecule has 0 aliphatic carbocycles. The highest BCUT2D eigenvalue weighted by atomic mass is 35.5. The minimum atomic E-state index is 0.0643. The fourth-order valence-electron chi connectivity index (χ4n) is 4.38. The topological polar surface area (TPSA) is 50.6 Å². The first-order chi connectivity index (χ1) is 15.0. The summed E-state index contributed by atoms with van der Waals surface area (Å²) in [5.74, 6) is 0.0643. The van der Waals surface area contributed by atoms with Gasteiger partial charge in [-0.1, -0.05) is 29.8 Å². The van der Waals surface area contributed by atoms with Gasteiger partial charge in [-0.05, 0) is 44.4 Å². The van der Waals surface area contributed by atoms with Gasteiger partial charge in [0.05, 0.1) is 18.3 Å². The lowest BCUT2D eigenvalue weighted by Gasteiger charge is -2.35. The molecule has 3 heterocycles. The van der Waals surface area contributed by atoms with Crippen molar-refractivity contribution in [1.82, 2.24) is 19.6 Å². The molecule has 1 aromatic carbocycles. The van der Waals surface area contributed by atoms with Crippen molar-refractivity contribution in [2.24, 2.45) is 0 Å². The third kappa shape index (κ3) is 5.37. The summed E-state index contributed by atoms with van der Waals surface area (Å²) < 4.78 is 7.69. The Balaban J connectivity index is 1.34. The molecule has 0 saturated carbocycles. The summed E-state index contributed by atoms with van der Waals surface area (Å²) in [6, 6.07) is 7.81. The van der Waals surface area contributed by atoms with Crippen molar-refractivity contribution < 1.29 is 9.53 Å². The molecule has 0 radical (unpaired) electrons. The van der Waals surface area contributed by atoms with Gasteiger partial charge in [-0.2, -0.15) is 5.10 Å². The van der Waals surface area contributed by atoms with E-state index in [4.69, 9.17) is 16.3 Å².